The molecule has 1 aliphatic heterocycles. The summed E-state index contributed by atoms with van der Waals surface area (Å²) >= 11 is 0. The fourth-order valence-corrected chi connectivity index (χ4v) is 2.71. The predicted octanol–water partition coefficient (Wildman–Crippen LogP) is 2.01. The first-order chi connectivity index (χ1) is 10.2. The van der Waals surface area contributed by atoms with Crippen molar-refractivity contribution < 1.29 is 9.53 Å². The predicted molar refractivity (Wildman–Crippen MR) is 83.3 cm³/mol. The highest BCUT2D eigenvalue weighted by Gasteiger charge is 2.14. The normalized spacial score (nSPS) is 17.0. The van der Waals surface area contributed by atoms with Crippen LogP contribution in [0.3, 0.4) is 0 Å². The van der Waals surface area contributed by atoms with Crippen LogP contribution >= 0.6 is 0 Å². The molecule has 1 aromatic rings. The Morgan fingerprint density at radius 2 is 2.19 bits per heavy atom. The number of likely N-dealkylation sites (tertiary alicyclic amines) is 1. The standard InChI is InChI=1S/C16H27N3O2/c1-13-6-10-19(11-7-13)9-3-8-17-12-14-4-5-15(18-14)16(20)21-2/h4-5,13,17-18H,3,6-12H2,1-2H3. The summed E-state index contributed by atoms with van der Waals surface area (Å²) in [6, 6.07) is 3.68. The van der Waals surface area contributed by atoms with Crippen molar-refractivity contribution in [1.29, 1.82) is 0 Å². The topological polar surface area (TPSA) is 57.4 Å². The van der Waals surface area contributed by atoms with Crippen LogP contribution in [-0.4, -0.2) is 49.1 Å². The van der Waals surface area contributed by atoms with Gasteiger partial charge in [-0.2, -0.15) is 0 Å². The van der Waals surface area contributed by atoms with Gasteiger partial charge < -0.3 is 19.9 Å². The summed E-state index contributed by atoms with van der Waals surface area (Å²) in [5.41, 5.74) is 1.53. The smallest absolute Gasteiger partial charge is 0.354 e. The molecule has 1 aromatic heterocycles. The van der Waals surface area contributed by atoms with Gasteiger partial charge in [-0.15, -0.1) is 0 Å². The number of piperidine rings is 1. The molecule has 0 aromatic carbocycles. The fourth-order valence-electron chi connectivity index (χ4n) is 2.71. The highest BCUT2D eigenvalue weighted by Crippen LogP contribution is 2.15. The minimum absolute atomic E-state index is 0.319. The number of aromatic amines is 1. The first kappa shape index (κ1) is 16.0. The van der Waals surface area contributed by atoms with Crippen LogP contribution in [0.25, 0.3) is 0 Å². The van der Waals surface area contributed by atoms with Gasteiger partial charge in [0.1, 0.15) is 5.69 Å². The van der Waals surface area contributed by atoms with Gasteiger partial charge in [0.25, 0.3) is 0 Å². The number of hydrogen-bond donors (Lipinski definition) is 2. The van der Waals surface area contributed by atoms with Crippen LogP contribution in [0.4, 0.5) is 0 Å². The van der Waals surface area contributed by atoms with Crippen molar-refractivity contribution in [2.24, 2.45) is 5.92 Å². The lowest BCUT2D eigenvalue weighted by atomic mass is 9.99. The number of aromatic nitrogens is 1. The second-order valence-corrected chi connectivity index (χ2v) is 5.94. The Bertz CT molecular complexity index is 436. The van der Waals surface area contributed by atoms with E-state index < -0.39 is 0 Å². The molecule has 118 valence electrons. The van der Waals surface area contributed by atoms with Gasteiger partial charge >= 0.3 is 5.97 Å². The van der Waals surface area contributed by atoms with Gasteiger partial charge in [0.15, 0.2) is 0 Å². The molecule has 0 amide bonds. The lowest BCUT2D eigenvalue weighted by Gasteiger charge is -2.30. The molecule has 0 unspecified atom stereocenters. The third-order valence-corrected chi connectivity index (χ3v) is 4.17. The molecule has 2 rings (SSSR count). The summed E-state index contributed by atoms with van der Waals surface area (Å²) in [7, 11) is 1.39. The van der Waals surface area contributed by atoms with Crippen LogP contribution in [0.2, 0.25) is 0 Å². The van der Waals surface area contributed by atoms with Crippen molar-refractivity contribution in [3.05, 3.63) is 23.5 Å². The molecule has 0 atom stereocenters. The lowest BCUT2D eigenvalue weighted by Crippen LogP contribution is -2.34. The van der Waals surface area contributed by atoms with Gasteiger partial charge in [0.05, 0.1) is 7.11 Å². The van der Waals surface area contributed by atoms with E-state index in [1.54, 1.807) is 6.07 Å². The maximum atomic E-state index is 11.3. The summed E-state index contributed by atoms with van der Waals surface area (Å²) < 4.78 is 4.67. The molecular formula is C16H27N3O2. The molecule has 21 heavy (non-hydrogen) atoms. The number of carbonyl (C=O) groups excluding carboxylic acids is 1. The molecule has 2 N–H and O–H groups in total. The summed E-state index contributed by atoms with van der Waals surface area (Å²) in [6.07, 6.45) is 3.84. The number of rotatable bonds is 7. The Balaban J connectivity index is 1.57. The molecule has 0 bridgehead atoms. The number of hydrogen-bond acceptors (Lipinski definition) is 4. The summed E-state index contributed by atoms with van der Waals surface area (Å²) in [5, 5.41) is 3.41. The summed E-state index contributed by atoms with van der Waals surface area (Å²) in [4.78, 5) is 16.9. The molecule has 1 aliphatic rings. The fraction of sp³-hybridized carbons (Fsp3) is 0.688. The SMILES string of the molecule is COC(=O)c1ccc(CNCCCN2CCC(C)CC2)[nH]1. The molecule has 1 fully saturated rings. The molecule has 0 spiro atoms. The molecule has 0 aliphatic carbocycles. The Kier molecular flexibility index (Phi) is 6.26. The molecule has 5 nitrogen and oxygen atoms in total. The quantitative estimate of drug-likeness (QED) is 0.596. The Labute approximate surface area is 127 Å². The maximum Gasteiger partial charge on any atom is 0.354 e. The second-order valence-electron chi connectivity index (χ2n) is 5.94. The van der Waals surface area contributed by atoms with E-state index in [0.29, 0.717) is 5.69 Å². The first-order valence-electron chi connectivity index (χ1n) is 7.88. The van der Waals surface area contributed by atoms with Crippen LogP contribution in [0, 0.1) is 5.92 Å². The van der Waals surface area contributed by atoms with Gasteiger partial charge in [-0.3, -0.25) is 0 Å². The van der Waals surface area contributed by atoms with E-state index in [-0.39, 0.29) is 5.97 Å². The third kappa shape index (κ3) is 5.17. The van der Waals surface area contributed by atoms with E-state index in [1.807, 2.05) is 6.07 Å². The molecule has 5 heteroatoms. The van der Waals surface area contributed by atoms with E-state index in [4.69, 9.17) is 0 Å². The Hall–Kier alpha value is -1.33. The molecule has 0 saturated carbocycles. The highest BCUT2D eigenvalue weighted by molar-refractivity contribution is 5.87. The Morgan fingerprint density at radius 1 is 1.43 bits per heavy atom. The molecule has 2 heterocycles. The number of carbonyl (C=O) groups is 1. The van der Waals surface area contributed by atoms with Gasteiger partial charge in [-0.05, 0) is 63.5 Å². The molecule has 0 radical (unpaired) electrons. The van der Waals surface area contributed by atoms with Crippen LogP contribution in [0.5, 0.6) is 0 Å². The number of methoxy groups -OCH3 is 1. The van der Waals surface area contributed by atoms with Crippen molar-refractivity contribution in [2.45, 2.75) is 32.7 Å². The van der Waals surface area contributed by atoms with Crippen molar-refractivity contribution >= 4 is 5.97 Å². The average Bonchev–Trinajstić information content (AvgIpc) is 2.97. The minimum Gasteiger partial charge on any atom is -0.464 e. The van der Waals surface area contributed by atoms with Gasteiger partial charge in [-0.25, -0.2) is 4.79 Å². The average molecular weight is 293 g/mol. The van der Waals surface area contributed by atoms with E-state index in [0.717, 1.165) is 24.7 Å². The van der Waals surface area contributed by atoms with Crippen LogP contribution < -0.4 is 5.32 Å². The zero-order valence-corrected chi connectivity index (χ0v) is 13.2. The van der Waals surface area contributed by atoms with Crippen molar-refractivity contribution in [3.8, 4) is 0 Å². The van der Waals surface area contributed by atoms with Gasteiger partial charge in [0.2, 0.25) is 0 Å². The highest BCUT2D eigenvalue weighted by atomic mass is 16.5. The Morgan fingerprint density at radius 3 is 2.90 bits per heavy atom. The van der Waals surface area contributed by atoms with E-state index in [2.05, 4.69) is 26.9 Å². The van der Waals surface area contributed by atoms with E-state index in [1.165, 1.54) is 46.0 Å². The summed E-state index contributed by atoms with van der Waals surface area (Å²) in [5.74, 6) is 0.580. The van der Waals surface area contributed by atoms with Gasteiger partial charge in [-0.1, -0.05) is 6.92 Å². The van der Waals surface area contributed by atoms with E-state index >= 15 is 0 Å². The van der Waals surface area contributed by atoms with E-state index in [9.17, 15) is 4.79 Å². The van der Waals surface area contributed by atoms with Crippen LogP contribution in [0.15, 0.2) is 12.1 Å². The second kappa shape index (κ2) is 8.20. The number of H-pyrrole nitrogens is 1. The van der Waals surface area contributed by atoms with Gasteiger partial charge in [0, 0.05) is 12.2 Å². The van der Waals surface area contributed by atoms with Crippen molar-refractivity contribution in [2.75, 3.05) is 33.3 Å². The zero-order valence-electron chi connectivity index (χ0n) is 13.2. The molecular weight excluding hydrogens is 266 g/mol. The van der Waals surface area contributed by atoms with Crippen molar-refractivity contribution in [1.82, 2.24) is 15.2 Å². The van der Waals surface area contributed by atoms with Crippen LogP contribution in [0.1, 0.15) is 42.4 Å². The van der Waals surface area contributed by atoms with Crippen molar-refractivity contribution in [3.63, 3.8) is 0 Å². The number of esters is 1. The zero-order chi connectivity index (χ0) is 15.1. The third-order valence-electron chi connectivity index (χ3n) is 4.17. The minimum atomic E-state index is -0.319. The molecule has 1 saturated heterocycles. The lowest BCUT2D eigenvalue weighted by molar-refractivity contribution is 0.0594. The number of ether oxygens (including phenoxy) is 1. The number of nitrogens with one attached hydrogen (secondary N) is 2. The largest absolute Gasteiger partial charge is 0.464 e. The number of nitrogens with zero attached hydrogens (tertiary/aromatic N) is 1. The first-order valence-corrected chi connectivity index (χ1v) is 7.88. The monoisotopic (exact) mass is 293 g/mol. The summed E-state index contributed by atoms with van der Waals surface area (Å²) in [6.45, 7) is 7.78. The maximum absolute atomic E-state index is 11.3. The van der Waals surface area contributed by atoms with Crippen LogP contribution in [-0.2, 0) is 11.3 Å².